The van der Waals surface area contributed by atoms with Gasteiger partial charge in [-0.2, -0.15) is 0 Å². The van der Waals surface area contributed by atoms with Crippen molar-refractivity contribution in [1.29, 1.82) is 0 Å². The fraction of sp³-hybridized carbons (Fsp3) is 0.379. The van der Waals surface area contributed by atoms with Crippen molar-refractivity contribution >= 4 is 5.97 Å². The van der Waals surface area contributed by atoms with E-state index in [1.54, 1.807) is 38.1 Å². The second kappa shape index (κ2) is 10.5. The topological polar surface area (TPSA) is 88.9 Å². The predicted molar refractivity (Wildman–Crippen MR) is 135 cm³/mol. The number of ether oxygens (including phenoxy) is 2. The smallest absolute Gasteiger partial charge is 0.307 e. The van der Waals surface area contributed by atoms with Gasteiger partial charge in [-0.3, -0.25) is 9.78 Å². The Morgan fingerprint density at radius 1 is 1.05 bits per heavy atom. The SMILES string of the molecule is Cc1cc(OCCC(C)(C)O)cc(C)c1-c1cc(COc2ccc(C3C[C@H]3C(=O)O)nc2)c(F)cc1F. The summed E-state index contributed by atoms with van der Waals surface area (Å²) >= 11 is 0. The first-order valence-corrected chi connectivity index (χ1v) is 12.2. The van der Waals surface area contributed by atoms with Gasteiger partial charge in [0.05, 0.1) is 24.3 Å². The predicted octanol–water partition coefficient (Wildman–Crippen LogP) is 5.95. The molecule has 2 atom stereocenters. The van der Waals surface area contributed by atoms with Crippen LogP contribution in [0.2, 0.25) is 0 Å². The zero-order valence-corrected chi connectivity index (χ0v) is 21.3. The number of aliphatic carboxylic acids is 1. The summed E-state index contributed by atoms with van der Waals surface area (Å²) in [7, 11) is 0. The van der Waals surface area contributed by atoms with Crippen LogP contribution in [0.4, 0.5) is 8.78 Å². The Kier molecular flexibility index (Phi) is 7.50. The van der Waals surface area contributed by atoms with Gasteiger partial charge in [0.25, 0.3) is 0 Å². The molecule has 3 aromatic rings. The molecular formula is C29H31F2NO5. The number of carboxylic acid groups (broad SMARTS) is 1. The molecule has 0 aliphatic heterocycles. The van der Waals surface area contributed by atoms with Gasteiger partial charge in [0.2, 0.25) is 0 Å². The zero-order chi connectivity index (χ0) is 26.9. The first-order chi connectivity index (χ1) is 17.4. The lowest BCUT2D eigenvalue weighted by atomic mass is 9.93. The van der Waals surface area contributed by atoms with Crippen LogP contribution in [0.3, 0.4) is 0 Å². The maximum absolute atomic E-state index is 14.9. The van der Waals surface area contributed by atoms with Crippen LogP contribution in [-0.2, 0) is 11.4 Å². The van der Waals surface area contributed by atoms with E-state index in [1.807, 2.05) is 13.8 Å². The molecule has 0 amide bonds. The van der Waals surface area contributed by atoms with E-state index >= 15 is 0 Å². The minimum atomic E-state index is -0.835. The van der Waals surface area contributed by atoms with Gasteiger partial charge in [-0.1, -0.05) is 0 Å². The Morgan fingerprint density at radius 2 is 1.76 bits per heavy atom. The molecule has 1 saturated carbocycles. The maximum atomic E-state index is 14.9. The highest BCUT2D eigenvalue weighted by Gasteiger charge is 2.45. The van der Waals surface area contributed by atoms with Crippen molar-refractivity contribution in [2.75, 3.05) is 6.61 Å². The van der Waals surface area contributed by atoms with Gasteiger partial charge in [0.15, 0.2) is 0 Å². The third-order valence-electron chi connectivity index (χ3n) is 6.54. The number of halogens is 2. The highest BCUT2D eigenvalue weighted by Crippen LogP contribution is 2.46. The van der Waals surface area contributed by atoms with Gasteiger partial charge < -0.3 is 19.7 Å². The number of hydrogen-bond donors (Lipinski definition) is 2. The largest absolute Gasteiger partial charge is 0.493 e. The number of aromatic nitrogens is 1. The second-order valence-electron chi connectivity index (χ2n) is 10.3. The molecule has 1 unspecified atom stereocenters. The molecule has 196 valence electrons. The lowest BCUT2D eigenvalue weighted by Crippen LogP contribution is -2.21. The highest BCUT2D eigenvalue weighted by atomic mass is 19.1. The van der Waals surface area contributed by atoms with Gasteiger partial charge >= 0.3 is 5.97 Å². The monoisotopic (exact) mass is 511 g/mol. The van der Waals surface area contributed by atoms with Crippen molar-refractivity contribution in [1.82, 2.24) is 4.98 Å². The van der Waals surface area contributed by atoms with Crippen LogP contribution in [-0.4, -0.2) is 33.4 Å². The summed E-state index contributed by atoms with van der Waals surface area (Å²) in [6.07, 6.45) is 2.52. The standard InChI is InChI=1S/C29H31F2NO5/c1-16-9-20(36-8-7-29(3,4)35)10-17(2)27(16)23-11-18(24(30)13-25(23)31)15-37-19-5-6-26(32-14-19)21-12-22(21)28(33)34/h5-6,9-11,13-14,21-22,35H,7-8,12,15H2,1-4H3,(H,33,34)/t21?,22-/m1/s1. The summed E-state index contributed by atoms with van der Waals surface area (Å²) < 4.78 is 41.0. The molecule has 0 saturated heterocycles. The summed E-state index contributed by atoms with van der Waals surface area (Å²) in [5.74, 6) is -1.68. The van der Waals surface area contributed by atoms with E-state index in [9.17, 15) is 18.7 Å². The van der Waals surface area contributed by atoms with Crippen molar-refractivity contribution in [3.05, 3.63) is 76.6 Å². The van der Waals surface area contributed by atoms with Gasteiger partial charge in [-0.25, -0.2) is 8.78 Å². The van der Waals surface area contributed by atoms with Gasteiger partial charge in [0.1, 0.15) is 29.7 Å². The van der Waals surface area contributed by atoms with E-state index in [0.717, 1.165) is 17.2 Å². The number of aryl methyl sites for hydroxylation is 2. The number of aliphatic hydroxyl groups is 1. The molecule has 0 bridgehead atoms. The lowest BCUT2D eigenvalue weighted by molar-refractivity contribution is -0.138. The minimum absolute atomic E-state index is 0.0894. The van der Waals surface area contributed by atoms with Crippen LogP contribution in [0, 0.1) is 31.4 Å². The minimum Gasteiger partial charge on any atom is -0.493 e. The second-order valence-corrected chi connectivity index (χ2v) is 10.3. The molecule has 1 fully saturated rings. The average molecular weight is 512 g/mol. The molecule has 8 heteroatoms. The van der Waals surface area contributed by atoms with Crippen LogP contribution in [0.5, 0.6) is 11.5 Å². The average Bonchev–Trinajstić information content (AvgIpc) is 3.60. The number of hydrogen-bond acceptors (Lipinski definition) is 5. The van der Waals surface area contributed by atoms with Crippen LogP contribution in [0.1, 0.15) is 55.0 Å². The van der Waals surface area contributed by atoms with Crippen LogP contribution < -0.4 is 9.47 Å². The zero-order valence-electron chi connectivity index (χ0n) is 21.3. The van der Waals surface area contributed by atoms with Gasteiger partial charge in [-0.15, -0.1) is 0 Å². The first kappa shape index (κ1) is 26.5. The van der Waals surface area contributed by atoms with Crippen molar-refractivity contribution in [3.63, 3.8) is 0 Å². The van der Waals surface area contributed by atoms with Crippen LogP contribution in [0.15, 0.2) is 42.6 Å². The van der Waals surface area contributed by atoms with Crippen LogP contribution >= 0.6 is 0 Å². The van der Waals surface area contributed by atoms with E-state index in [-0.39, 0.29) is 23.7 Å². The van der Waals surface area contributed by atoms with Gasteiger partial charge in [0, 0.05) is 35.2 Å². The number of nitrogens with zero attached hydrogens (tertiary/aromatic N) is 1. The summed E-state index contributed by atoms with van der Waals surface area (Å²) in [4.78, 5) is 15.3. The molecule has 4 rings (SSSR count). The summed E-state index contributed by atoms with van der Waals surface area (Å²) in [5.41, 5.74) is 2.51. The van der Waals surface area contributed by atoms with E-state index in [4.69, 9.17) is 14.6 Å². The molecule has 37 heavy (non-hydrogen) atoms. The number of pyridine rings is 1. The molecule has 1 heterocycles. The molecular weight excluding hydrogens is 480 g/mol. The van der Waals surface area contributed by atoms with Crippen molar-refractivity contribution < 1.29 is 33.3 Å². The Bertz CT molecular complexity index is 1280. The maximum Gasteiger partial charge on any atom is 0.307 e. The first-order valence-electron chi connectivity index (χ1n) is 12.2. The Hall–Kier alpha value is -3.52. The number of rotatable bonds is 10. The van der Waals surface area contributed by atoms with Crippen molar-refractivity contribution in [2.24, 2.45) is 5.92 Å². The molecule has 2 N–H and O–H groups in total. The Balaban J connectivity index is 1.49. The van der Waals surface area contributed by atoms with E-state index < -0.39 is 29.1 Å². The van der Waals surface area contributed by atoms with E-state index in [1.165, 1.54) is 12.3 Å². The van der Waals surface area contributed by atoms with Gasteiger partial charge in [-0.05, 0) is 81.1 Å². The van der Waals surface area contributed by atoms with E-state index in [2.05, 4.69) is 4.98 Å². The molecule has 6 nitrogen and oxygen atoms in total. The summed E-state index contributed by atoms with van der Waals surface area (Å²) in [5, 5.41) is 19.0. The molecule has 1 aromatic heterocycles. The molecule has 0 spiro atoms. The van der Waals surface area contributed by atoms with Crippen molar-refractivity contribution in [3.8, 4) is 22.6 Å². The third-order valence-corrected chi connectivity index (χ3v) is 6.54. The molecule has 0 radical (unpaired) electrons. The molecule has 2 aromatic carbocycles. The molecule has 1 aliphatic rings. The quantitative estimate of drug-likeness (QED) is 0.350. The molecule has 1 aliphatic carbocycles. The number of benzene rings is 2. The fourth-order valence-corrected chi connectivity index (χ4v) is 4.40. The summed E-state index contributed by atoms with van der Waals surface area (Å²) in [6, 6.07) is 9.31. The number of carboxylic acids is 1. The van der Waals surface area contributed by atoms with Crippen LogP contribution in [0.25, 0.3) is 11.1 Å². The van der Waals surface area contributed by atoms with Crippen molar-refractivity contribution in [2.45, 2.75) is 58.7 Å². The lowest BCUT2D eigenvalue weighted by Gasteiger charge is -2.19. The fourth-order valence-electron chi connectivity index (χ4n) is 4.40. The van der Waals surface area contributed by atoms with E-state index in [0.29, 0.717) is 42.2 Å². The highest BCUT2D eigenvalue weighted by molar-refractivity contribution is 5.75. The Morgan fingerprint density at radius 3 is 2.32 bits per heavy atom. The number of carbonyl (C=O) groups is 1. The Labute approximate surface area is 214 Å². The summed E-state index contributed by atoms with van der Waals surface area (Å²) in [6.45, 7) is 7.32. The third kappa shape index (κ3) is 6.43. The normalized spacial score (nSPS) is 16.9.